The topological polar surface area (TPSA) is 55.4 Å². The van der Waals surface area contributed by atoms with Gasteiger partial charge in [-0.25, -0.2) is 9.97 Å². The Morgan fingerprint density at radius 3 is 2.60 bits per heavy atom. The first kappa shape index (κ1) is 26.9. The van der Waals surface area contributed by atoms with Crippen LogP contribution in [-0.4, -0.2) is 43.7 Å². The normalized spacial score (nSPS) is 11.6. The molecule has 5 aromatic rings. The third-order valence-corrected chi connectivity index (χ3v) is 6.42. The van der Waals surface area contributed by atoms with Gasteiger partial charge in [-0.2, -0.15) is 13.2 Å². The lowest BCUT2D eigenvalue weighted by molar-refractivity contribution is -0.137. The van der Waals surface area contributed by atoms with Gasteiger partial charge in [-0.3, -0.25) is 9.20 Å². The average molecular weight is 542 g/mol. The van der Waals surface area contributed by atoms with Gasteiger partial charge in [0.05, 0.1) is 18.3 Å². The summed E-state index contributed by atoms with van der Waals surface area (Å²) < 4.78 is 44.9. The van der Waals surface area contributed by atoms with Crippen LogP contribution in [0.4, 0.5) is 13.2 Å². The molecule has 0 spiro atoms. The summed E-state index contributed by atoms with van der Waals surface area (Å²) in [6.45, 7) is 2.34. The number of ketones is 1. The molecule has 6 nitrogen and oxygen atoms in total. The minimum atomic E-state index is -4.57. The lowest BCUT2D eigenvalue weighted by Gasteiger charge is -2.16. The van der Waals surface area contributed by atoms with E-state index in [2.05, 4.69) is 21.8 Å². The molecule has 0 aliphatic carbocycles. The van der Waals surface area contributed by atoms with Gasteiger partial charge < -0.3 is 9.47 Å². The maximum Gasteiger partial charge on any atom is 0.416 e. The van der Waals surface area contributed by atoms with E-state index < -0.39 is 11.7 Å². The van der Waals surface area contributed by atoms with Crippen LogP contribution in [0.3, 0.4) is 0 Å². The van der Waals surface area contributed by atoms with E-state index in [4.69, 9.17) is 0 Å². The highest BCUT2D eigenvalue weighted by Gasteiger charge is 2.31. The number of aromatic nitrogens is 4. The SMILES string of the molecule is Cc1ccc(C(=O)Cc2cc(-n3ccnc3CN(C)C)cc(C(F)(F)F)c2)cc1C#Cc1cnc2ccccn12. The number of alkyl halides is 3. The number of fused-ring (bicyclic) bond motifs is 1. The molecule has 0 saturated heterocycles. The Kier molecular flexibility index (Phi) is 7.28. The van der Waals surface area contributed by atoms with Crippen LogP contribution in [0, 0.1) is 18.8 Å². The molecule has 0 aliphatic heterocycles. The van der Waals surface area contributed by atoms with Crippen molar-refractivity contribution in [2.45, 2.75) is 26.1 Å². The molecule has 3 aromatic heterocycles. The highest BCUT2D eigenvalue weighted by Crippen LogP contribution is 2.32. The van der Waals surface area contributed by atoms with Crippen LogP contribution < -0.4 is 0 Å². The van der Waals surface area contributed by atoms with E-state index in [-0.39, 0.29) is 17.8 Å². The molecule has 2 aromatic carbocycles. The van der Waals surface area contributed by atoms with E-state index in [1.54, 1.807) is 47.4 Å². The zero-order valence-corrected chi connectivity index (χ0v) is 22.2. The van der Waals surface area contributed by atoms with Crippen LogP contribution in [-0.2, 0) is 19.1 Å². The molecule has 202 valence electrons. The molecule has 9 heteroatoms. The highest BCUT2D eigenvalue weighted by molar-refractivity contribution is 5.98. The van der Waals surface area contributed by atoms with Crippen molar-refractivity contribution < 1.29 is 18.0 Å². The molecule has 0 N–H and O–H groups in total. The number of hydrogen-bond donors (Lipinski definition) is 0. The predicted octanol–water partition coefficient (Wildman–Crippen LogP) is 5.73. The number of rotatable bonds is 6. The number of benzene rings is 2. The summed E-state index contributed by atoms with van der Waals surface area (Å²) in [6, 6.07) is 14.5. The monoisotopic (exact) mass is 541 g/mol. The third kappa shape index (κ3) is 5.82. The largest absolute Gasteiger partial charge is 0.416 e. The molecule has 0 amide bonds. The number of nitrogens with zero attached hydrogens (tertiary/aromatic N) is 5. The van der Waals surface area contributed by atoms with Gasteiger partial charge in [-0.1, -0.05) is 24.1 Å². The van der Waals surface area contributed by atoms with Gasteiger partial charge in [-0.15, -0.1) is 0 Å². The number of Topliss-reactive ketones (excluding diaryl/α,β-unsaturated/α-hetero) is 1. The van der Waals surface area contributed by atoms with Gasteiger partial charge in [-0.05, 0) is 74.5 Å². The lowest BCUT2D eigenvalue weighted by Crippen LogP contribution is -2.16. The minimum absolute atomic E-state index is 0.197. The number of imidazole rings is 2. The number of hydrogen-bond acceptors (Lipinski definition) is 4. The molecular formula is C31H26F3N5O. The van der Waals surface area contributed by atoms with Crippen LogP contribution in [0.2, 0.25) is 0 Å². The van der Waals surface area contributed by atoms with E-state index in [0.29, 0.717) is 34.9 Å². The number of carbonyl (C=O) groups excluding carboxylic acids is 1. The van der Waals surface area contributed by atoms with E-state index >= 15 is 0 Å². The molecule has 0 atom stereocenters. The van der Waals surface area contributed by atoms with Crippen molar-refractivity contribution in [1.82, 2.24) is 23.8 Å². The highest BCUT2D eigenvalue weighted by atomic mass is 19.4. The molecule has 0 unspecified atom stereocenters. The maximum atomic E-state index is 13.8. The molecule has 0 radical (unpaired) electrons. The van der Waals surface area contributed by atoms with E-state index in [1.807, 2.05) is 54.7 Å². The first-order valence-electron chi connectivity index (χ1n) is 12.5. The molecule has 40 heavy (non-hydrogen) atoms. The van der Waals surface area contributed by atoms with Crippen molar-refractivity contribution >= 4 is 11.4 Å². The summed E-state index contributed by atoms with van der Waals surface area (Å²) >= 11 is 0. The Labute approximate surface area is 229 Å². The Morgan fingerprint density at radius 1 is 1.00 bits per heavy atom. The molecule has 0 aliphatic rings. The Balaban J connectivity index is 1.45. The summed E-state index contributed by atoms with van der Waals surface area (Å²) in [6.07, 6.45) is 1.95. The van der Waals surface area contributed by atoms with Crippen molar-refractivity contribution in [2.24, 2.45) is 0 Å². The van der Waals surface area contributed by atoms with Crippen molar-refractivity contribution in [3.05, 3.63) is 119 Å². The minimum Gasteiger partial charge on any atom is -0.303 e. The van der Waals surface area contributed by atoms with E-state index in [1.165, 1.54) is 0 Å². The molecule has 0 bridgehead atoms. The summed E-state index contributed by atoms with van der Waals surface area (Å²) in [7, 11) is 3.71. The van der Waals surface area contributed by atoms with Crippen molar-refractivity contribution in [2.75, 3.05) is 14.1 Å². The van der Waals surface area contributed by atoms with Crippen molar-refractivity contribution in [3.63, 3.8) is 0 Å². The number of halogens is 3. The molecule has 0 saturated carbocycles. The third-order valence-electron chi connectivity index (χ3n) is 6.42. The second-order valence-corrected chi connectivity index (χ2v) is 9.79. The van der Waals surface area contributed by atoms with Crippen LogP contribution >= 0.6 is 0 Å². The van der Waals surface area contributed by atoms with Crippen molar-refractivity contribution in [3.8, 4) is 17.5 Å². The fourth-order valence-electron chi connectivity index (χ4n) is 4.42. The summed E-state index contributed by atoms with van der Waals surface area (Å²) in [5.74, 6) is 6.52. The van der Waals surface area contributed by atoms with Gasteiger partial charge in [0.1, 0.15) is 17.2 Å². The first-order chi connectivity index (χ1) is 19.1. The standard InChI is InChI=1S/C31H26F3N5O/c1-21-7-8-24(17-23(21)9-10-26-19-36-29-6-4-5-12-38(26)29)28(40)16-22-14-25(31(32,33)34)18-27(15-22)39-13-11-35-30(39)20-37(2)3/h4-8,11-15,17-19H,16,20H2,1-3H3. The van der Waals surface area contributed by atoms with E-state index in [0.717, 1.165) is 23.3 Å². The average Bonchev–Trinajstić information content (AvgIpc) is 3.54. The van der Waals surface area contributed by atoms with Gasteiger partial charge in [0, 0.05) is 41.8 Å². The van der Waals surface area contributed by atoms with Gasteiger partial charge >= 0.3 is 6.18 Å². The number of aryl methyl sites for hydroxylation is 1. The Hall–Kier alpha value is -4.68. The van der Waals surface area contributed by atoms with Crippen LogP contribution in [0.1, 0.15) is 44.1 Å². The van der Waals surface area contributed by atoms with Crippen LogP contribution in [0.25, 0.3) is 11.3 Å². The fraction of sp³-hybridized carbons (Fsp3) is 0.194. The maximum absolute atomic E-state index is 13.8. The van der Waals surface area contributed by atoms with Crippen LogP contribution in [0.15, 0.2) is 79.4 Å². The first-order valence-corrected chi connectivity index (χ1v) is 12.5. The van der Waals surface area contributed by atoms with Crippen LogP contribution in [0.5, 0.6) is 0 Å². The molecular weight excluding hydrogens is 515 g/mol. The lowest BCUT2D eigenvalue weighted by atomic mass is 9.97. The number of carbonyl (C=O) groups is 1. The molecule has 5 rings (SSSR count). The van der Waals surface area contributed by atoms with Gasteiger partial charge in [0.2, 0.25) is 0 Å². The quantitative estimate of drug-likeness (QED) is 0.203. The van der Waals surface area contributed by atoms with Crippen molar-refractivity contribution in [1.29, 1.82) is 0 Å². The zero-order valence-electron chi connectivity index (χ0n) is 22.2. The van der Waals surface area contributed by atoms with Gasteiger partial charge in [0.25, 0.3) is 0 Å². The summed E-state index contributed by atoms with van der Waals surface area (Å²) in [5.41, 5.74) is 3.15. The summed E-state index contributed by atoms with van der Waals surface area (Å²) in [4.78, 5) is 23.8. The van der Waals surface area contributed by atoms with Gasteiger partial charge in [0.15, 0.2) is 5.78 Å². The molecule has 3 heterocycles. The zero-order chi connectivity index (χ0) is 28.4. The summed E-state index contributed by atoms with van der Waals surface area (Å²) in [5, 5.41) is 0. The molecule has 0 fully saturated rings. The second kappa shape index (κ2) is 10.8. The fourth-order valence-corrected chi connectivity index (χ4v) is 4.42. The predicted molar refractivity (Wildman–Crippen MR) is 146 cm³/mol. The second-order valence-electron chi connectivity index (χ2n) is 9.79. The Morgan fingerprint density at radius 2 is 1.82 bits per heavy atom. The number of pyridine rings is 1. The smallest absolute Gasteiger partial charge is 0.303 e. The van der Waals surface area contributed by atoms with E-state index in [9.17, 15) is 18.0 Å². The Bertz CT molecular complexity index is 1770.